The fraction of sp³-hybridized carbons (Fsp3) is 0.615. The van der Waals surface area contributed by atoms with Gasteiger partial charge in [0.25, 0.3) is 0 Å². The molecule has 1 saturated heterocycles. The van der Waals surface area contributed by atoms with Crippen molar-refractivity contribution in [2.75, 3.05) is 20.1 Å². The molecule has 1 atom stereocenters. The van der Waals surface area contributed by atoms with E-state index in [0.717, 1.165) is 18.7 Å². The Bertz CT molecular complexity index is 469. The van der Waals surface area contributed by atoms with Gasteiger partial charge in [0, 0.05) is 32.8 Å². The lowest BCUT2D eigenvalue weighted by Crippen LogP contribution is -2.32. The SMILES string of the molecule is CNC(=O)CC1CCN(C(=O)Cn2ccc(C)n2)C1. The van der Waals surface area contributed by atoms with Crippen LogP contribution in [0.5, 0.6) is 0 Å². The fourth-order valence-electron chi connectivity index (χ4n) is 2.38. The first-order valence-corrected chi connectivity index (χ1v) is 6.57. The molecule has 0 aromatic carbocycles. The zero-order valence-corrected chi connectivity index (χ0v) is 11.4. The van der Waals surface area contributed by atoms with Gasteiger partial charge in [-0.2, -0.15) is 5.10 Å². The molecule has 1 N–H and O–H groups in total. The maximum Gasteiger partial charge on any atom is 0.244 e. The van der Waals surface area contributed by atoms with Crippen LogP contribution in [0, 0.1) is 12.8 Å². The summed E-state index contributed by atoms with van der Waals surface area (Å²) in [7, 11) is 1.64. The van der Waals surface area contributed by atoms with Gasteiger partial charge < -0.3 is 10.2 Å². The molecule has 6 nitrogen and oxygen atoms in total. The van der Waals surface area contributed by atoms with Crippen LogP contribution < -0.4 is 5.32 Å². The Morgan fingerprint density at radius 1 is 1.53 bits per heavy atom. The Hall–Kier alpha value is -1.85. The predicted molar refractivity (Wildman–Crippen MR) is 70.3 cm³/mol. The number of amides is 2. The summed E-state index contributed by atoms with van der Waals surface area (Å²) in [5, 5.41) is 6.83. The number of likely N-dealkylation sites (tertiary alicyclic amines) is 1. The van der Waals surface area contributed by atoms with E-state index >= 15 is 0 Å². The van der Waals surface area contributed by atoms with Gasteiger partial charge in [0.2, 0.25) is 11.8 Å². The van der Waals surface area contributed by atoms with Gasteiger partial charge in [-0.25, -0.2) is 0 Å². The van der Waals surface area contributed by atoms with Crippen LogP contribution in [0.15, 0.2) is 12.3 Å². The molecular formula is C13H20N4O2. The Labute approximate surface area is 112 Å². The van der Waals surface area contributed by atoms with Gasteiger partial charge in [0.1, 0.15) is 6.54 Å². The highest BCUT2D eigenvalue weighted by Gasteiger charge is 2.27. The minimum absolute atomic E-state index is 0.0435. The summed E-state index contributed by atoms with van der Waals surface area (Å²) in [6, 6.07) is 1.88. The Morgan fingerprint density at radius 3 is 2.95 bits per heavy atom. The van der Waals surface area contributed by atoms with E-state index in [4.69, 9.17) is 0 Å². The highest BCUT2D eigenvalue weighted by molar-refractivity contribution is 5.77. The second-order valence-electron chi connectivity index (χ2n) is 5.03. The molecule has 1 aromatic rings. The van der Waals surface area contributed by atoms with Gasteiger partial charge in [0.15, 0.2) is 0 Å². The molecule has 0 aliphatic carbocycles. The molecule has 1 fully saturated rings. The van der Waals surface area contributed by atoms with Crippen LogP contribution in [-0.4, -0.2) is 46.6 Å². The summed E-state index contributed by atoms with van der Waals surface area (Å²) in [6.45, 7) is 3.59. The van der Waals surface area contributed by atoms with Crippen molar-refractivity contribution in [3.63, 3.8) is 0 Å². The van der Waals surface area contributed by atoms with E-state index < -0.39 is 0 Å². The number of hydrogen-bond acceptors (Lipinski definition) is 3. The first-order chi connectivity index (χ1) is 9.08. The lowest BCUT2D eigenvalue weighted by molar-refractivity contribution is -0.131. The van der Waals surface area contributed by atoms with Crippen molar-refractivity contribution in [1.29, 1.82) is 0 Å². The Balaban J connectivity index is 1.83. The van der Waals surface area contributed by atoms with Crippen molar-refractivity contribution in [2.24, 2.45) is 5.92 Å². The van der Waals surface area contributed by atoms with E-state index in [1.165, 1.54) is 0 Å². The van der Waals surface area contributed by atoms with Gasteiger partial charge >= 0.3 is 0 Å². The van der Waals surface area contributed by atoms with Gasteiger partial charge in [-0.3, -0.25) is 14.3 Å². The number of aromatic nitrogens is 2. The van der Waals surface area contributed by atoms with E-state index in [9.17, 15) is 9.59 Å². The highest BCUT2D eigenvalue weighted by Crippen LogP contribution is 2.19. The average molecular weight is 264 g/mol. The first kappa shape index (κ1) is 13.6. The topological polar surface area (TPSA) is 67.2 Å². The minimum atomic E-state index is 0.0435. The summed E-state index contributed by atoms with van der Waals surface area (Å²) in [4.78, 5) is 25.2. The molecule has 1 aliphatic heterocycles. The standard InChI is InChI=1S/C13H20N4O2/c1-10-3-6-17(15-10)9-13(19)16-5-4-11(8-16)7-12(18)14-2/h3,6,11H,4-5,7-9H2,1-2H3,(H,14,18). The molecule has 0 saturated carbocycles. The highest BCUT2D eigenvalue weighted by atomic mass is 16.2. The van der Waals surface area contributed by atoms with Gasteiger partial charge in [0.05, 0.1) is 5.69 Å². The summed E-state index contributed by atoms with van der Waals surface area (Å²) in [6.07, 6.45) is 3.21. The number of aryl methyl sites for hydroxylation is 1. The number of nitrogens with zero attached hydrogens (tertiary/aromatic N) is 3. The molecule has 2 heterocycles. The van der Waals surface area contributed by atoms with Crippen LogP contribution in [0.3, 0.4) is 0 Å². The molecule has 0 radical (unpaired) electrons. The average Bonchev–Trinajstić information content (AvgIpc) is 2.98. The smallest absolute Gasteiger partial charge is 0.244 e. The number of rotatable bonds is 4. The van der Waals surface area contributed by atoms with Crippen LogP contribution in [0.1, 0.15) is 18.5 Å². The number of carbonyl (C=O) groups excluding carboxylic acids is 2. The Kier molecular flexibility index (Phi) is 4.19. The van der Waals surface area contributed by atoms with Crippen molar-refractivity contribution in [1.82, 2.24) is 20.0 Å². The molecule has 2 amide bonds. The molecule has 1 unspecified atom stereocenters. The number of hydrogen-bond donors (Lipinski definition) is 1. The van der Waals surface area contributed by atoms with Gasteiger partial charge in [-0.05, 0) is 25.3 Å². The second kappa shape index (κ2) is 5.86. The monoisotopic (exact) mass is 264 g/mol. The van der Waals surface area contributed by atoms with Crippen LogP contribution in [0.25, 0.3) is 0 Å². The molecule has 19 heavy (non-hydrogen) atoms. The molecule has 104 valence electrons. The van der Waals surface area contributed by atoms with Crippen molar-refractivity contribution in [3.8, 4) is 0 Å². The summed E-state index contributed by atoms with van der Waals surface area (Å²) >= 11 is 0. The fourth-order valence-corrected chi connectivity index (χ4v) is 2.38. The van der Waals surface area contributed by atoms with Crippen LogP contribution >= 0.6 is 0 Å². The molecular weight excluding hydrogens is 244 g/mol. The largest absolute Gasteiger partial charge is 0.359 e. The third-order valence-electron chi connectivity index (χ3n) is 3.46. The second-order valence-corrected chi connectivity index (χ2v) is 5.03. The number of nitrogens with one attached hydrogen (secondary N) is 1. The van der Waals surface area contributed by atoms with E-state index in [2.05, 4.69) is 10.4 Å². The Morgan fingerprint density at radius 2 is 2.32 bits per heavy atom. The van der Waals surface area contributed by atoms with E-state index in [-0.39, 0.29) is 24.3 Å². The maximum atomic E-state index is 12.1. The third-order valence-corrected chi connectivity index (χ3v) is 3.46. The van der Waals surface area contributed by atoms with E-state index in [0.29, 0.717) is 13.0 Å². The van der Waals surface area contributed by atoms with Crippen LogP contribution in [0.4, 0.5) is 0 Å². The zero-order chi connectivity index (χ0) is 13.8. The lowest BCUT2D eigenvalue weighted by Gasteiger charge is -2.16. The molecule has 2 rings (SSSR count). The minimum Gasteiger partial charge on any atom is -0.359 e. The van der Waals surface area contributed by atoms with Gasteiger partial charge in [-0.1, -0.05) is 0 Å². The first-order valence-electron chi connectivity index (χ1n) is 6.57. The zero-order valence-electron chi connectivity index (χ0n) is 11.4. The van der Waals surface area contributed by atoms with Crippen LogP contribution in [-0.2, 0) is 16.1 Å². The summed E-state index contributed by atoms with van der Waals surface area (Å²) in [5.41, 5.74) is 0.909. The number of carbonyl (C=O) groups is 2. The van der Waals surface area contributed by atoms with E-state index in [1.807, 2.05) is 24.1 Å². The molecule has 1 aromatic heterocycles. The molecule has 0 bridgehead atoms. The summed E-state index contributed by atoms with van der Waals surface area (Å²) in [5.74, 6) is 0.396. The molecule has 6 heteroatoms. The van der Waals surface area contributed by atoms with E-state index in [1.54, 1.807) is 11.7 Å². The van der Waals surface area contributed by atoms with Crippen molar-refractivity contribution < 1.29 is 9.59 Å². The van der Waals surface area contributed by atoms with Crippen molar-refractivity contribution in [2.45, 2.75) is 26.3 Å². The van der Waals surface area contributed by atoms with Crippen molar-refractivity contribution in [3.05, 3.63) is 18.0 Å². The van der Waals surface area contributed by atoms with Crippen LogP contribution in [0.2, 0.25) is 0 Å². The molecule has 1 aliphatic rings. The molecule has 0 spiro atoms. The normalized spacial score (nSPS) is 18.6. The van der Waals surface area contributed by atoms with Crippen molar-refractivity contribution >= 4 is 11.8 Å². The predicted octanol–water partition coefficient (Wildman–Crippen LogP) is 0.176. The summed E-state index contributed by atoms with van der Waals surface area (Å²) < 4.78 is 1.66. The maximum absolute atomic E-state index is 12.1. The quantitative estimate of drug-likeness (QED) is 0.843. The van der Waals surface area contributed by atoms with Gasteiger partial charge in [-0.15, -0.1) is 0 Å². The third kappa shape index (κ3) is 3.56. The lowest BCUT2D eigenvalue weighted by atomic mass is 10.1.